The summed E-state index contributed by atoms with van der Waals surface area (Å²) in [4.78, 5) is 30.3. The lowest BCUT2D eigenvalue weighted by atomic mass is 10.1. The molecule has 3 heterocycles. The molecule has 0 saturated carbocycles. The van der Waals surface area contributed by atoms with Crippen LogP contribution in [0.2, 0.25) is 0 Å². The Morgan fingerprint density at radius 2 is 1.97 bits per heavy atom. The smallest absolute Gasteiger partial charge is 0.414 e. The molecular formula is C24H25FN6O3. The van der Waals surface area contributed by atoms with Gasteiger partial charge < -0.3 is 14.5 Å². The van der Waals surface area contributed by atoms with Crippen molar-refractivity contribution in [3.8, 4) is 0 Å². The number of piperazine rings is 1. The molecule has 1 atom stereocenters. The number of carbonyl (C=O) groups is 2. The molecule has 2 aliphatic rings. The Bertz CT molecular complexity index is 1190. The van der Waals surface area contributed by atoms with E-state index in [0.717, 1.165) is 5.56 Å². The van der Waals surface area contributed by atoms with E-state index in [1.54, 1.807) is 34.1 Å². The van der Waals surface area contributed by atoms with Crippen LogP contribution in [0.4, 0.5) is 20.6 Å². The first kappa shape index (κ1) is 21.9. The predicted octanol–water partition coefficient (Wildman–Crippen LogP) is 2.71. The van der Waals surface area contributed by atoms with E-state index in [1.165, 1.54) is 11.0 Å². The molecule has 2 saturated heterocycles. The van der Waals surface area contributed by atoms with Crippen LogP contribution in [0.1, 0.15) is 15.9 Å². The summed E-state index contributed by atoms with van der Waals surface area (Å²) in [6, 6.07) is 12.3. The molecule has 0 unspecified atom stereocenters. The SMILES string of the molecule is Cc1cccc(C(=O)N2CCN(c3ccc(N4C[C@H](Cn5ccnn5)OC4=O)cc3F)CC2)c1. The normalized spacial score (nSPS) is 18.4. The van der Waals surface area contributed by atoms with Gasteiger partial charge in [-0.3, -0.25) is 9.69 Å². The standard InChI is InChI=1S/C24H25FN6O3/c1-17-3-2-4-18(13-17)23(32)29-11-9-28(10-12-29)22-6-5-19(14-21(22)25)31-16-20(34-24(31)33)15-30-8-7-26-27-30/h2-8,13-14,20H,9-12,15-16H2,1H3/t20-/m0/s1. The number of hydrogen-bond donors (Lipinski definition) is 0. The number of amides is 2. The van der Waals surface area contributed by atoms with Crippen LogP contribution in [0.25, 0.3) is 0 Å². The molecule has 0 spiro atoms. The summed E-state index contributed by atoms with van der Waals surface area (Å²) in [5, 5.41) is 7.63. The maximum atomic E-state index is 15.1. The first-order valence-corrected chi connectivity index (χ1v) is 11.2. The van der Waals surface area contributed by atoms with E-state index in [4.69, 9.17) is 4.74 Å². The lowest BCUT2D eigenvalue weighted by Gasteiger charge is -2.36. The molecule has 0 N–H and O–H groups in total. The minimum absolute atomic E-state index is 0.00726. The molecule has 176 valence electrons. The zero-order valence-electron chi connectivity index (χ0n) is 18.8. The van der Waals surface area contributed by atoms with Gasteiger partial charge in [0.05, 0.1) is 30.7 Å². The highest BCUT2D eigenvalue weighted by molar-refractivity contribution is 5.94. The number of aromatic nitrogens is 3. The summed E-state index contributed by atoms with van der Waals surface area (Å²) >= 11 is 0. The molecule has 0 aliphatic carbocycles. The van der Waals surface area contributed by atoms with Crippen LogP contribution in [0, 0.1) is 12.7 Å². The van der Waals surface area contributed by atoms with Gasteiger partial charge in [0.15, 0.2) is 0 Å². The van der Waals surface area contributed by atoms with Gasteiger partial charge in [-0.05, 0) is 37.3 Å². The fourth-order valence-electron chi connectivity index (χ4n) is 4.40. The van der Waals surface area contributed by atoms with Crippen LogP contribution >= 0.6 is 0 Å². The highest BCUT2D eigenvalue weighted by atomic mass is 19.1. The van der Waals surface area contributed by atoms with E-state index in [-0.39, 0.29) is 5.91 Å². The topological polar surface area (TPSA) is 83.8 Å². The molecule has 10 heteroatoms. The Hall–Kier alpha value is -3.95. The Morgan fingerprint density at radius 3 is 2.68 bits per heavy atom. The minimum atomic E-state index is -0.513. The zero-order chi connectivity index (χ0) is 23.7. The van der Waals surface area contributed by atoms with Gasteiger partial charge in [-0.25, -0.2) is 13.9 Å². The first-order chi connectivity index (χ1) is 16.5. The molecule has 5 rings (SSSR count). The summed E-state index contributed by atoms with van der Waals surface area (Å²) in [6.45, 7) is 4.72. The Balaban J connectivity index is 1.21. The largest absolute Gasteiger partial charge is 0.442 e. The van der Waals surface area contributed by atoms with Crippen molar-refractivity contribution in [3.05, 3.63) is 71.8 Å². The second-order valence-electron chi connectivity index (χ2n) is 8.53. The lowest BCUT2D eigenvalue weighted by Crippen LogP contribution is -2.49. The van der Waals surface area contributed by atoms with E-state index in [9.17, 15) is 9.59 Å². The van der Waals surface area contributed by atoms with E-state index in [1.807, 2.05) is 36.1 Å². The molecule has 3 aromatic rings. The number of rotatable bonds is 5. The van der Waals surface area contributed by atoms with Crippen molar-refractivity contribution in [2.24, 2.45) is 0 Å². The number of anilines is 2. The highest BCUT2D eigenvalue weighted by Gasteiger charge is 2.33. The predicted molar refractivity (Wildman–Crippen MR) is 123 cm³/mol. The van der Waals surface area contributed by atoms with Gasteiger partial charge >= 0.3 is 6.09 Å². The first-order valence-electron chi connectivity index (χ1n) is 11.2. The Morgan fingerprint density at radius 1 is 1.15 bits per heavy atom. The molecule has 2 aromatic carbocycles. The molecule has 34 heavy (non-hydrogen) atoms. The summed E-state index contributed by atoms with van der Waals surface area (Å²) in [6.07, 6.45) is 2.34. The molecule has 2 aliphatic heterocycles. The summed E-state index contributed by atoms with van der Waals surface area (Å²) in [5.41, 5.74) is 2.61. The number of carbonyl (C=O) groups excluding carboxylic acids is 2. The van der Waals surface area contributed by atoms with Crippen molar-refractivity contribution >= 4 is 23.4 Å². The third kappa shape index (κ3) is 4.43. The van der Waals surface area contributed by atoms with Crippen LogP contribution < -0.4 is 9.80 Å². The van der Waals surface area contributed by atoms with Gasteiger partial charge in [0.25, 0.3) is 5.91 Å². The third-order valence-corrected chi connectivity index (χ3v) is 6.15. The highest BCUT2D eigenvalue weighted by Crippen LogP contribution is 2.29. The van der Waals surface area contributed by atoms with Crippen LogP contribution in [0.5, 0.6) is 0 Å². The second-order valence-corrected chi connectivity index (χ2v) is 8.53. The van der Waals surface area contributed by atoms with Crippen LogP contribution in [-0.4, -0.2) is 70.7 Å². The monoisotopic (exact) mass is 464 g/mol. The Kier molecular flexibility index (Phi) is 5.87. The molecule has 2 amide bonds. The molecule has 0 bridgehead atoms. The zero-order valence-corrected chi connectivity index (χ0v) is 18.8. The van der Waals surface area contributed by atoms with E-state index < -0.39 is 18.0 Å². The van der Waals surface area contributed by atoms with Gasteiger partial charge in [0.2, 0.25) is 0 Å². The maximum absolute atomic E-state index is 15.1. The second kappa shape index (κ2) is 9.12. The van der Waals surface area contributed by atoms with E-state index in [2.05, 4.69) is 10.3 Å². The molecule has 9 nitrogen and oxygen atoms in total. The lowest BCUT2D eigenvalue weighted by molar-refractivity contribution is 0.0746. The fraction of sp³-hybridized carbons (Fsp3) is 0.333. The number of aryl methyl sites for hydroxylation is 1. The van der Waals surface area contributed by atoms with Crippen molar-refractivity contribution in [1.82, 2.24) is 19.9 Å². The molecule has 2 fully saturated rings. The van der Waals surface area contributed by atoms with Crippen molar-refractivity contribution in [1.29, 1.82) is 0 Å². The average Bonchev–Trinajstić information content (AvgIpc) is 3.48. The van der Waals surface area contributed by atoms with Crippen molar-refractivity contribution in [2.45, 2.75) is 19.6 Å². The van der Waals surface area contributed by atoms with Gasteiger partial charge in [-0.2, -0.15) is 0 Å². The summed E-state index contributed by atoms with van der Waals surface area (Å²) in [5.74, 6) is -0.421. The van der Waals surface area contributed by atoms with E-state index in [0.29, 0.717) is 56.2 Å². The average molecular weight is 465 g/mol. The third-order valence-electron chi connectivity index (χ3n) is 6.15. The van der Waals surface area contributed by atoms with Crippen LogP contribution in [0.15, 0.2) is 54.9 Å². The van der Waals surface area contributed by atoms with Gasteiger partial charge in [-0.1, -0.05) is 22.9 Å². The number of ether oxygens (including phenoxy) is 1. The van der Waals surface area contributed by atoms with Crippen molar-refractivity contribution in [2.75, 3.05) is 42.5 Å². The number of nitrogens with zero attached hydrogens (tertiary/aromatic N) is 6. The molecular weight excluding hydrogens is 439 g/mol. The van der Waals surface area contributed by atoms with Gasteiger partial charge in [0, 0.05) is 37.9 Å². The van der Waals surface area contributed by atoms with Crippen LogP contribution in [0.3, 0.4) is 0 Å². The van der Waals surface area contributed by atoms with Crippen LogP contribution in [-0.2, 0) is 11.3 Å². The van der Waals surface area contributed by atoms with E-state index >= 15 is 4.39 Å². The quantitative estimate of drug-likeness (QED) is 0.578. The van der Waals surface area contributed by atoms with Crippen molar-refractivity contribution in [3.63, 3.8) is 0 Å². The van der Waals surface area contributed by atoms with Gasteiger partial charge in [-0.15, -0.1) is 5.10 Å². The summed E-state index contributed by atoms with van der Waals surface area (Å²) < 4.78 is 22.0. The Labute approximate surface area is 196 Å². The number of hydrogen-bond acceptors (Lipinski definition) is 6. The molecule has 1 aromatic heterocycles. The molecule has 0 radical (unpaired) electrons. The summed E-state index contributed by atoms with van der Waals surface area (Å²) in [7, 11) is 0. The number of benzene rings is 2. The maximum Gasteiger partial charge on any atom is 0.414 e. The van der Waals surface area contributed by atoms with Crippen molar-refractivity contribution < 1.29 is 18.7 Å². The van der Waals surface area contributed by atoms with Gasteiger partial charge in [0.1, 0.15) is 11.9 Å². The minimum Gasteiger partial charge on any atom is -0.442 e. The number of halogens is 1. The fourth-order valence-corrected chi connectivity index (χ4v) is 4.40. The number of cyclic esters (lactones) is 1.